The maximum atomic E-state index is 11.3. The van der Waals surface area contributed by atoms with Crippen LogP contribution in [0.25, 0.3) is 0 Å². The van der Waals surface area contributed by atoms with E-state index in [1.165, 1.54) is 11.1 Å². The van der Waals surface area contributed by atoms with Crippen LogP contribution in [0.4, 0.5) is 0 Å². The van der Waals surface area contributed by atoms with Gasteiger partial charge < -0.3 is 11.5 Å². The second-order valence-electron chi connectivity index (χ2n) is 6.59. The van der Waals surface area contributed by atoms with E-state index in [4.69, 9.17) is 11.5 Å². The number of nitrogens with zero attached hydrogens (tertiary/aromatic N) is 1. The number of hydrogen-bond acceptors (Lipinski definition) is 3. The fourth-order valence-electron chi connectivity index (χ4n) is 3.44. The molecule has 2 aromatic carbocycles. The van der Waals surface area contributed by atoms with Crippen LogP contribution < -0.4 is 11.5 Å². The van der Waals surface area contributed by atoms with Crippen molar-refractivity contribution in [2.45, 2.75) is 31.3 Å². The van der Waals surface area contributed by atoms with Gasteiger partial charge in [-0.2, -0.15) is 0 Å². The van der Waals surface area contributed by atoms with Gasteiger partial charge in [-0.25, -0.2) is 0 Å². The predicted molar refractivity (Wildman–Crippen MR) is 111 cm³/mol. The molecule has 0 radical (unpaired) electrons. The Morgan fingerprint density at radius 1 is 1.04 bits per heavy atom. The molecule has 1 aliphatic heterocycles. The lowest BCUT2D eigenvalue weighted by atomic mass is 9.87. The van der Waals surface area contributed by atoms with E-state index in [0.717, 1.165) is 38.0 Å². The van der Waals surface area contributed by atoms with Gasteiger partial charge in [0.15, 0.2) is 0 Å². The predicted octanol–water partition coefficient (Wildman–Crippen LogP) is 3.39. The minimum atomic E-state index is -0.719. The average Bonchev–Trinajstić information content (AvgIpc) is 2.62. The highest BCUT2D eigenvalue weighted by atomic mass is 35.5. The third kappa shape index (κ3) is 5.71. The van der Waals surface area contributed by atoms with Crippen molar-refractivity contribution in [1.29, 1.82) is 0 Å². The summed E-state index contributed by atoms with van der Waals surface area (Å²) in [6.45, 7) is 3.19. The minimum absolute atomic E-state index is 0. The molecule has 142 valence electrons. The summed E-state index contributed by atoms with van der Waals surface area (Å²) in [5.41, 5.74) is 14.6. The number of primary amides is 1. The van der Waals surface area contributed by atoms with Gasteiger partial charge in [-0.3, -0.25) is 9.69 Å². The molecule has 3 rings (SSSR count). The molecule has 1 atom stereocenters. The summed E-state index contributed by atoms with van der Waals surface area (Å²) in [6, 6.07) is 17.9. The first-order valence-corrected chi connectivity index (χ1v) is 8.54. The number of nitrogens with two attached hydrogens (primary N) is 2. The summed E-state index contributed by atoms with van der Waals surface area (Å²) < 4.78 is 0. The lowest BCUT2D eigenvalue weighted by Gasteiger charge is -2.32. The molecule has 0 saturated carbocycles. The van der Waals surface area contributed by atoms with Gasteiger partial charge in [0.25, 0.3) is 0 Å². The largest absolute Gasteiger partial charge is 0.368 e. The Morgan fingerprint density at radius 2 is 1.69 bits per heavy atom. The number of halogens is 2. The van der Waals surface area contributed by atoms with Gasteiger partial charge in [-0.15, -0.1) is 24.8 Å². The molecule has 1 unspecified atom stereocenters. The van der Waals surface area contributed by atoms with Crippen LogP contribution in [0.15, 0.2) is 54.6 Å². The summed E-state index contributed by atoms with van der Waals surface area (Å²) in [6.07, 6.45) is 2.25. The van der Waals surface area contributed by atoms with Crippen LogP contribution in [0.3, 0.4) is 0 Å². The summed E-state index contributed by atoms with van der Waals surface area (Å²) >= 11 is 0. The molecule has 4 N–H and O–H groups in total. The molecule has 0 spiro atoms. The van der Waals surface area contributed by atoms with E-state index < -0.39 is 11.9 Å². The highest BCUT2D eigenvalue weighted by Gasteiger charge is 2.22. The Hall–Kier alpha value is -1.59. The number of likely N-dealkylation sites (tertiary alicyclic amines) is 1. The summed E-state index contributed by atoms with van der Waals surface area (Å²) in [5.74, 6) is 0.0434. The van der Waals surface area contributed by atoms with Gasteiger partial charge in [0.05, 0.1) is 0 Å². The van der Waals surface area contributed by atoms with Crippen molar-refractivity contribution in [3.63, 3.8) is 0 Å². The van der Waals surface area contributed by atoms with Crippen LogP contribution in [0.5, 0.6) is 0 Å². The van der Waals surface area contributed by atoms with Gasteiger partial charge in [0.2, 0.25) is 5.91 Å². The Bertz CT molecular complexity index is 688. The van der Waals surface area contributed by atoms with Crippen LogP contribution in [0.1, 0.15) is 41.5 Å². The third-order valence-electron chi connectivity index (χ3n) is 4.88. The molecule has 4 nitrogen and oxygen atoms in total. The standard InChI is InChI=1S/C20H25N3O.2ClH/c21-19(20(22)24)18-8-4-7-17(13-18)16-9-11-23(12-10-16)14-15-5-2-1-3-6-15;;/h1-8,13,16,19H,9-12,14,21H2,(H2,22,24);2*1H. The smallest absolute Gasteiger partial charge is 0.238 e. The monoisotopic (exact) mass is 395 g/mol. The van der Waals surface area contributed by atoms with Crippen LogP contribution in [-0.4, -0.2) is 23.9 Å². The van der Waals surface area contributed by atoms with Crippen LogP contribution in [-0.2, 0) is 11.3 Å². The second-order valence-corrected chi connectivity index (χ2v) is 6.59. The minimum Gasteiger partial charge on any atom is -0.368 e. The highest BCUT2D eigenvalue weighted by molar-refractivity contribution is 5.85. The number of carbonyl (C=O) groups excluding carboxylic acids is 1. The van der Waals surface area contributed by atoms with Crippen molar-refractivity contribution in [3.05, 3.63) is 71.3 Å². The Balaban J connectivity index is 0.00000169. The number of hydrogen-bond donors (Lipinski definition) is 2. The second kappa shape index (κ2) is 10.5. The highest BCUT2D eigenvalue weighted by Crippen LogP contribution is 2.30. The molecule has 1 saturated heterocycles. The molecular weight excluding hydrogens is 369 g/mol. The SMILES string of the molecule is Cl.Cl.NC(=O)C(N)c1cccc(C2CCN(Cc3ccccc3)CC2)c1. The van der Waals surface area contributed by atoms with Crippen LogP contribution in [0, 0.1) is 0 Å². The molecule has 26 heavy (non-hydrogen) atoms. The van der Waals surface area contributed by atoms with Crippen molar-refractivity contribution < 1.29 is 4.79 Å². The van der Waals surface area contributed by atoms with E-state index >= 15 is 0 Å². The van der Waals surface area contributed by atoms with E-state index in [1.54, 1.807) is 0 Å². The topological polar surface area (TPSA) is 72.3 Å². The molecule has 0 aliphatic carbocycles. The molecule has 2 aromatic rings. The summed E-state index contributed by atoms with van der Waals surface area (Å²) in [5, 5.41) is 0. The van der Waals surface area contributed by atoms with Gasteiger partial charge in [0.1, 0.15) is 6.04 Å². The van der Waals surface area contributed by atoms with Crippen LogP contribution in [0.2, 0.25) is 0 Å². The zero-order chi connectivity index (χ0) is 16.9. The van der Waals surface area contributed by atoms with Gasteiger partial charge in [-0.1, -0.05) is 54.6 Å². The van der Waals surface area contributed by atoms with Crippen LogP contribution >= 0.6 is 24.8 Å². The first-order valence-electron chi connectivity index (χ1n) is 8.54. The first kappa shape index (κ1) is 22.5. The van der Waals surface area contributed by atoms with E-state index in [2.05, 4.69) is 41.3 Å². The maximum absolute atomic E-state index is 11.3. The third-order valence-corrected chi connectivity index (χ3v) is 4.88. The van der Waals surface area contributed by atoms with E-state index in [1.807, 2.05) is 18.2 Å². The van der Waals surface area contributed by atoms with Gasteiger partial charge in [0, 0.05) is 6.54 Å². The van der Waals surface area contributed by atoms with Gasteiger partial charge >= 0.3 is 0 Å². The number of benzene rings is 2. The number of carbonyl (C=O) groups is 1. The molecule has 6 heteroatoms. The fraction of sp³-hybridized carbons (Fsp3) is 0.350. The Labute approximate surface area is 167 Å². The number of amides is 1. The van der Waals surface area contributed by atoms with E-state index in [-0.39, 0.29) is 24.8 Å². The van der Waals surface area contributed by atoms with E-state index in [0.29, 0.717) is 5.92 Å². The molecule has 1 heterocycles. The normalized spacial score (nSPS) is 16.2. The molecule has 1 aliphatic rings. The Morgan fingerprint density at radius 3 is 2.31 bits per heavy atom. The van der Waals surface area contributed by atoms with Crippen molar-refractivity contribution in [3.8, 4) is 0 Å². The maximum Gasteiger partial charge on any atom is 0.238 e. The van der Waals surface area contributed by atoms with Crippen molar-refractivity contribution >= 4 is 30.7 Å². The fourth-order valence-corrected chi connectivity index (χ4v) is 3.44. The van der Waals surface area contributed by atoms with Crippen molar-refractivity contribution in [1.82, 2.24) is 4.90 Å². The molecule has 1 fully saturated rings. The summed E-state index contributed by atoms with van der Waals surface area (Å²) in [4.78, 5) is 13.8. The van der Waals surface area contributed by atoms with Gasteiger partial charge in [-0.05, 0) is 48.5 Å². The number of rotatable bonds is 5. The van der Waals surface area contributed by atoms with Crippen molar-refractivity contribution in [2.24, 2.45) is 11.5 Å². The summed E-state index contributed by atoms with van der Waals surface area (Å²) in [7, 11) is 0. The lowest BCUT2D eigenvalue weighted by molar-refractivity contribution is -0.119. The molecule has 0 bridgehead atoms. The lowest BCUT2D eigenvalue weighted by Crippen LogP contribution is -2.32. The van der Waals surface area contributed by atoms with E-state index in [9.17, 15) is 4.79 Å². The molecule has 0 aromatic heterocycles. The molecular formula is C20H27Cl2N3O. The first-order chi connectivity index (χ1) is 11.6. The molecule has 1 amide bonds. The quantitative estimate of drug-likeness (QED) is 0.814. The Kier molecular flexibility index (Phi) is 9.09. The van der Waals surface area contributed by atoms with Crippen molar-refractivity contribution in [2.75, 3.05) is 13.1 Å². The zero-order valence-corrected chi connectivity index (χ0v) is 16.3. The average molecular weight is 396 g/mol. The number of piperidine rings is 1. The zero-order valence-electron chi connectivity index (χ0n) is 14.7.